The van der Waals surface area contributed by atoms with Crippen LogP contribution in [0.25, 0.3) is 0 Å². The van der Waals surface area contributed by atoms with Crippen LogP contribution in [-0.2, 0) is 0 Å². The lowest BCUT2D eigenvalue weighted by atomic mass is 10.0. The van der Waals surface area contributed by atoms with Gasteiger partial charge in [-0.05, 0) is 62.7 Å². The summed E-state index contributed by atoms with van der Waals surface area (Å²) in [6.45, 7) is 2.19. The molecule has 4 heteroatoms. The first-order valence-corrected chi connectivity index (χ1v) is 8.09. The molecule has 0 amide bonds. The third kappa shape index (κ3) is 6.10. The lowest BCUT2D eigenvalue weighted by Gasteiger charge is -2.19. The molecule has 0 radical (unpaired) electrons. The van der Waals surface area contributed by atoms with E-state index in [2.05, 4.69) is 18.2 Å². The van der Waals surface area contributed by atoms with Crippen molar-refractivity contribution in [3.8, 4) is 0 Å². The van der Waals surface area contributed by atoms with E-state index < -0.39 is 0 Å². The van der Waals surface area contributed by atoms with Gasteiger partial charge in [-0.15, -0.1) is 0 Å². The van der Waals surface area contributed by atoms with Crippen LogP contribution in [0.1, 0.15) is 24.4 Å². The van der Waals surface area contributed by atoms with Gasteiger partial charge in [0.2, 0.25) is 0 Å². The zero-order valence-corrected chi connectivity index (χ0v) is 12.8. The van der Waals surface area contributed by atoms with E-state index >= 15 is 0 Å². The summed E-state index contributed by atoms with van der Waals surface area (Å²) in [5, 5.41) is 0.764. The molecule has 1 aromatic rings. The molecule has 18 heavy (non-hydrogen) atoms. The number of nitrogens with zero attached hydrogens (tertiary/aromatic N) is 1. The summed E-state index contributed by atoms with van der Waals surface area (Å²) in [4.78, 5) is 2.35. The largest absolute Gasteiger partial charge is 0.324 e. The average molecular weight is 287 g/mol. The molecule has 0 heterocycles. The average Bonchev–Trinajstić information content (AvgIpc) is 2.37. The first kappa shape index (κ1) is 15.8. The molecule has 2 N–H and O–H groups in total. The predicted octanol–water partition coefficient (Wildman–Crippen LogP) is 3.41. The highest BCUT2D eigenvalue weighted by Gasteiger charge is 2.07. The summed E-state index contributed by atoms with van der Waals surface area (Å²) >= 11 is 7.77. The monoisotopic (exact) mass is 286 g/mol. The van der Waals surface area contributed by atoms with Gasteiger partial charge in [0.15, 0.2) is 0 Å². The molecular weight excluding hydrogens is 264 g/mol. The minimum Gasteiger partial charge on any atom is -0.324 e. The summed E-state index contributed by atoms with van der Waals surface area (Å²) in [7, 11) is 2.16. The maximum atomic E-state index is 6.17. The maximum Gasteiger partial charge on any atom is 0.0406 e. The third-order valence-electron chi connectivity index (χ3n) is 3.01. The molecule has 0 saturated carbocycles. The topological polar surface area (TPSA) is 29.3 Å². The minimum atomic E-state index is 0.102. The lowest BCUT2D eigenvalue weighted by molar-refractivity contribution is 0.320. The standard InChI is InChI=1S/C14H23ClN2S/c1-17(9-3-11-18-2)10-8-14(16)12-4-6-13(15)7-5-12/h4-7,14H,3,8-11,16H2,1-2H3. The quantitative estimate of drug-likeness (QED) is 0.743. The highest BCUT2D eigenvalue weighted by molar-refractivity contribution is 7.98. The van der Waals surface area contributed by atoms with E-state index in [4.69, 9.17) is 17.3 Å². The smallest absolute Gasteiger partial charge is 0.0406 e. The van der Waals surface area contributed by atoms with Crippen molar-refractivity contribution in [3.05, 3.63) is 34.9 Å². The SMILES string of the molecule is CSCCCN(C)CCC(N)c1ccc(Cl)cc1. The van der Waals surface area contributed by atoms with Crippen molar-refractivity contribution >= 4 is 23.4 Å². The molecule has 0 aliphatic carbocycles. The Labute approximate surface area is 120 Å². The molecule has 1 aromatic carbocycles. The van der Waals surface area contributed by atoms with Gasteiger partial charge in [0.1, 0.15) is 0 Å². The van der Waals surface area contributed by atoms with Crippen molar-refractivity contribution in [2.75, 3.05) is 32.1 Å². The van der Waals surface area contributed by atoms with E-state index in [9.17, 15) is 0 Å². The van der Waals surface area contributed by atoms with Crippen LogP contribution in [-0.4, -0.2) is 37.0 Å². The fraction of sp³-hybridized carbons (Fsp3) is 0.571. The van der Waals surface area contributed by atoms with Crippen LogP contribution >= 0.6 is 23.4 Å². The number of benzene rings is 1. The van der Waals surface area contributed by atoms with Crippen LogP contribution in [0.2, 0.25) is 5.02 Å². The Hall–Kier alpha value is -0.220. The summed E-state index contributed by atoms with van der Waals surface area (Å²) in [6.07, 6.45) is 4.38. The van der Waals surface area contributed by atoms with E-state index in [0.29, 0.717) is 0 Å². The Morgan fingerprint density at radius 1 is 1.28 bits per heavy atom. The van der Waals surface area contributed by atoms with Crippen LogP contribution in [0.3, 0.4) is 0 Å². The Bertz CT molecular complexity index is 329. The molecule has 0 spiro atoms. The second kappa shape index (κ2) is 8.81. The summed E-state index contributed by atoms with van der Waals surface area (Å²) in [6, 6.07) is 7.93. The Morgan fingerprint density at radius 3 is 2.56 bits per heavy atom. The second-order valence-corrected chi connectivity index (χ2v) is 6.02. The zero-order chi connectivity index (χ0) is 13.4. The predicted molar refractivity (Wildman–Crippen MR) is 83.5 cm³/mol. The van der Waals surface area contributed by atoms with Crippen LogP contribution in [0.5, 0.6) is 0 Å². The van der Waals surface area contributed by atoms with E-state index in [1.807, 2.05) is 36.0 Å². The molecule has 1 unspecified atom stereocenters. The van der Waals surface area contributed by atoms with E-state index in [0.717, 1.165) is 30.1 Å². The molecule has 102 valence electrons. The first-order chi connectivity index (χ1) is 8.63. The third-order valence-corrected chi connectivity index (χ3v) is 3.96. The molecule has 0 aromatic heterocycles. The summed E-state index contributed by atoms with van der Waals surface area (Å²) in [5.74, 6) is 1.23. The summed E-state index contributed by atoms with van der Waals surface area (Å²) < 4.78 is 0. The fourth-order valence-electron chi connectivity index (χ4n) is 1.83. The Kier molecular flexibility index (Phi) is 7.75. The maximum absolute atomic E-state index is 6.17. The van der Waals surface area contributed by atoms with Crippen molar-refractivity contribution < 1.29 is 0 Å². The number of thioether (sulfide) groups is 1. The lowest BCUT2D eigenvalue weighted by Crippen LogP contribution is -2.25. The normalized spacial score (nSPS) is 12.9. The number of hydrogen-bond acceptors (Lipinski definition) is 3. The minimum absolute atomic E-state index is 0.102. The molecule has 0 saturated heterocycles. The van der Waals surface area contributed by atoms with Gasteiger partial charge in [0.05, 0.1) is 0 Å². The molecule has 2 nitrogen and oxygen atoms in total. The number of hydrogen-bond donors (Lipinski definition) is 1. The van der Waals surface area contributed by atoms with Crippen LogP contribution in [0.4, 0.5) is 0 Å². The van der Waals surface area contributed by atoms with Crippen LogP contribution in [0, 0.1) is 0 Å². The van der Waals surface area contributed by atoms with Crippen molar-refractivity contribution in [1.82, 2.24) is 4.90 Å². The molecular formula is C14H23ClN2S. The number of rotatable bonds is 8. The molecule has 0 aliphatic heterocycles. The van der Waals surface area contributed by atoms with Gasteiger partial charge in [-0.25, -0.2) is 0 Å². The van der Waals surface area contributed by atoms with Gasteiger partial charge in [0, 0.05) is 11.1 Å². The van der Waals surface area contributed by atoms with Crippen molar-refractivity contribution in [3.63, 3.8) is 0 Å². The van der Waals surface area contributed by atoms with E-state index in [1.165, 1.54) is 12.2 Å². The van der Waals surface area contributed by atoms with E-state index in [-0.39, 0.29) is 6.04 Å². The van der Waals surface area contributed by atoms with Gasteiger partial charge in [-0.2, -0.15) is 11.8 Å². The Balaban J connectivity index is 2.27. The molecule has 1 atom stereocenters. The van der Waals surface area contributed by atoms with Crippen molar-refractivity contribution in [1.29, 1.82) is 0 Å². The molecule has 0 aliphatic rings. The number of nitrogens with two attached hydrogens (primary N) is 1. The summed E-state index contributed by atoms with van der Waals surface area (Å²) in [5.41, 5.74) is 7.34. The van der Waals surface area contributed by atoms with Crippen LogP contribution < -0.4 is 5.73 Å². The molecule has 0 fully saturated rings. The van der Waals surface area contributed by atoms with E-state index in [1.54, 1.807) is 0 Å². The number of halogens is 1. The van der Waals surface area contributed by atoms with Crippen LogP contribution in [0.15, 0.2) is 24.3 Å². The van der Waals surface area contributed by atoms with Gasteiger partial charge >= 0.3 is 0 Å². The van der Waals surface area contributed by atoms with Gasteiger partial charge in [-0.1, -0.05) is 23.7 Å². The van der Waals surface area contributed by atoms with Crippen molar-refractivity contribution in [2.45, 2.75) is 18.9 Å². The van der Waals surface area contributed by atoms with Gasteiger partial charge in [-0.3, -0.25) is 0 Å². The molecule has 1 rings (SSSR count). The fourth-order valence-corrected chi connectivity index (χ4v) is 2.37. The second-order valence-electron chi connectivity index (χ2n) is 4.60. The Morgan fingerprint density at radius 2 is 1.94 bits per heavy atom. The zero-order valence-electron chi connectivity index (χ0n) is 11.2. The van der Waals surface area contributed by atoms with Gasteiger partial charge in [0.25, 0.3) is 0 Å². The highest BCUT2D eigenvalue weighted by atomic mass is 35.5. The highest BCUT2D eigenvalue weighted by Crippen LogP contribution is 2.17. The van der Waals surface area contributed by atoms with Crippen molar-refractivity contribution in [2.24, 2.45) is 5.73 Å². The first-order valence-electron chi connectivity index (χ1n) is 6.32. The molecule has 0 bridgehead atoms. The van der Waals surface area contributed by atoms with Gasteiger partial charge < -0.3 is 10.6 Å².